The predicted octanol–water partition coefficient (Wildman–Crippen LogP) is 21.0. The molecular weight excluding hydrogens is 1110 g/mol. The zero-order valence-corrected chi connectivity index (χ0v) is 50.8. The first kappa shape index (κ1) is 53.5. The van der Waals surface area contributed by atoms with Crippen LogP contribution >= 0.6 is 0 Å². The maximum absolute atomic E-state index is 5.42. The van der Waals surface area contributed by atoms with E-state index in [1.165, 1.54) is 76.9 Å². The van der Waals surface area contributed by atoms with Crippen molar-refractivity contribution in [3.8, 4) is 56.8 Å². The van der Waals surface area contributed by atoms with E-state index in [1.807, 2.05) is 30.5 Å². The maximum Gasteiger partial charge on any atom is 0.235 e. The molecule has 8 heteroatoms. The second-order valence-electron chi connectivity index (χ2n) is 24.2. The van der Waals surface area contributed by atoms with Gasteiger partial charge in [-0.05, 0) is 145 Å². The smallest absolute Gasteiger partial charge is 0.235 e. The van der Waals surface area contributed by atoms with Gasteiger partial charge in [0.25, 0.3) is 0 Å². The number of fused-ring (bicyclic) bond motifs is 13. The van der Waals surface area contributed by atoms with Crippen LogP contribution in [0.4, 0.5) is 0 Å². The summed E-state index contributed by atoms with van der Waals surface area (Å²) in [6.45, 7) is 9.04. The maximum atomic E-state index is 5.42. The highest BCUT2D eigenvalue weighted by atomic mass is 15.2. The van der Waals surface area contributed by atoms with Gasteiger partial charge in [-0.1, -0.05) is 189 Å². The molecule has 18 rings (SSSR count). The summed E-state index contributed by atoms with van der Waals surface area (Å²) < 4.78 is 9.16. The number of rotatable bonds is 8. The Bertz CT molecular complexity index is 5800. The first-order valence-electron chi connectivity index (χ1n) is 31.1. The number of hydrogen-bond acceptors (Lipinski definition) is 4. The second-order valence-corrected chi connectivity index (χ2v) is 24.2. The molecule has 0 N–H and O–H groups in total. The average molecular weight is 1170 g/mol. The lowest BCUT2D eigenvalue weighted by Crippen LogP contribution is -2.15. The number of aromatic nitrogens is 8. The van der Waals surface area contributed by atoms with Crippen LogP contribution in [0, 0.1) is 0 Å². The van der Waals surface area contributed by atoms with Crippen LogP contribution in [0.2, 0.25) is 0 Å². The van der Waals surface area contributed by atoms with Gasteiger partial charge in [-0.3, -0.25) is 4.57 Å². The van der Waals surface area contributed by atoms with Crippen LogP contribution in [0.25, 0.3) is 150 Å². The van der Waals surface area contributed by atoms with Crippen LogP contribution in [0.5, 0.6) is 0 Å². The van der Waals surface area contributed by atoms with Crippen molar-refractivity contribution in [2.24, 2.45) is 0 Å². The molecule has 0 fully saturated rings. The van der Waals surface area contributed by atoms with Gasteiger partial charge in [0.2, 0.25) is 5.95 Å². The number of benzene rings is 11. The summed E-state index contributed by atoms with van der Waals surface area (Å²) in [6, 6.07) is 92.6. The van der Waals surface area contributed by atoms with Gasteiger partial charge in [0.15, 0.2) is 5.82 Å². The van der Waals surface area contributed by atoms with Gasteiger partial charge in [-0.2, -0.15) is 0 Å². The van der Waals surface area contributed by atoms with Gasteiger partial charge in [0.05, 0.1) is 49.8 Å². The summed E-state index contributed by atoms with van der Waals surface area (Å²) in [6.07, 6.45) is 10.6. The summed E-state index contributed by atoms with van der Waals surface area (Å²) in [4.78, 5) is 20.1. The Morgan fingerprint density at radius 3 is 1.58 bits per heavy atom. The number of hydrogen-bond donors (Lipinski definition) is 0. The molecule has 0 atom stereocenters. The van der Waals surface area contributed by atoms with Crippen molar-refractivity contribution < 1.29 is 0 Å². The Labute approximate surface area is 526 Å². The van der Waals surface area contributed by atoms with E-state index < -0.39 is 0 Å². The van der Waals surface area contributed by atoms with E-state index in [0.717, 1.165) is 83.4 Å². The first-order valence-corrected chi connectivity index (χ1v) is 31.1. The molecule has 0 saturated carbocycles. The van der Waals surface area contributed by atoms with Crippen molar-refractivity contribution in [2.75, 3.05) is 0 Å². The van der Waals surface area contributed by atoms with Gasteiger partial charge in [-0.15, -0.1) is 0 Å². The summed E-state index contributed by atoms with van der Waals surface area (Å²) in [5.41, 5.74) is 23.1. The lowest BCUT2D eigenvalue weighted by atomic mass is 9.81. The highest BCUT2D eigenvalue weighted by molar-refractivity contribution is 6.20. The van der Waals surface area contributed by atoms with Crippen molar-refractivity contribution in [2.45, 2.75) is 33.1 Å². The zero-order valence-electron chi connectivity index (χ0n) is 50.8. The standard InChI is InChI=1S/C49H38N4.C34H22N4/c1-5-13-36-31(2)49(3,4)42-30-34(24-25-37(36)42)32-20-22-33(23-21-32)46-40-17-9-11-18-43(40)50-48(51-46)53-45-19-12-10-16-38(45)39-26-27-44-41(47(39)53)28-29-52(44)35-14-7-6-8-15-35;1-2-9-25(10-3-1)37-21-20-29-31(37)19-18-28-27-11-5-7-13-32(27)38(33(28)29)26-16-14-23(15-17-26)34-35-22-24-8-4-6-12-30(24)36-34/h5-30H,1-4H3;1-22H/b13-5-;. The molecule has 0 spiro atoms. The Hall–Kier alpha value is -11.7. The molecule has 0 unspecified atom stereocenters. The summed E-state index contributed by atoms with van der Waals surface area (Å²) >= 11 is 0. The van der Waals surface area contributed by atoms with Gasteiger partial charge in [0.1, 0.15) is 0 Å². The van der Waals surface area contributed by atoms with E-state index in [-0.39, 0.29) is 5.41 Å². The Kier molecular flexibility index (Phi) is 12.5. The Morgan fingerprint density at radius 2 is 0.934 bits per heavy atom. The molecule has 8 nitrogen and oxygen atoms in total. The molecule has 6 aromatic heterocycles. The monoisotopic (exact) mass is 1170 g/mol. The number of allylic oxidation sites excluding steroid dienone is 4. The average Bonchev–Trinajstić information content (AvgIpc) is 1.63. The molecule has 11 aromatic carbocycles. The molecule has 6 heterocycles. The van der Waals surface area contributed by atoms with E-state index in [9.17, 15) is 0 Å². The fourth-order valence-electron chi connectivity index (χ4n) is 14.1. The molecule has 432 valence electrons. The van der Waals surface area contributed by atoms with E-state index in [2.05, 4.69) is 312 Å². The van der Waals surface area contributed by atoms with E-state index in [0.29, 0.717) is 5.95 Å². The van der Waals surface area contributed by atoms with Gasteiger partial charge in [0, 0.05) is 95.3 Å². The van der Waals surface area contributed by atoms with E-state index >= 15 is 0 Å². The molecule has 91 heavy (non-hydrogen) atoms. The van der Waals surface area contributed by atoms with Crippen molar-refractivity contribution in [3.63, 3.8) is 0 Å². The molecule has 0 amide bonds. The highest BCUT2D eigenvalue weighted by Crippen LogP contribution is 2.48. The van der Waals surface area contributed by atoms with Crippen LogP contribution in [0.1, 0.15) is 38.8 Å². The summed E-state index contributed by atoms with van der Waals surface area (Å²) in [5, 5.41) is 9.32. The summed E-state index contributed by atoms with van der Waals surface area (Å²) in [5.74, 6) is 1.40. The topological polar surface area (TPSA) is 71.3 Å². The third-order valence-corrected chi connectivity index (χ3v) is 18.9. The summed E-state index contributed by atoms with van der Waals surface area (Å²) in [7, 11) is 0. The normalized spacial score (nSPS) is 13.1. The van der Waals surface area contributed by atoms with E-state index in [1.54, 1.807) is 0 Å². The SMILES string of the molecule is C/C=C\C1=C(C)C(C)(C)c2cc(-c3ccc(-c4nc(-n5c6ccccc6c6ccc7c(ccn7-c7ccccc7)c65)nc5ccccc45)cc3)ccc21.c1ccc(-n2ccc3c2ccc2c4ccccc4n(-c4ccc(-c5ncc6ccccc6n5)cc4)c23)cc1. The van der Waals surface area contributed by atoms with Crippen LogP contribution in [0.3, 0.4) is 0 Å². The van der Waals surface area contributed by atoms with Crippen molar-refractivity contribution in [1.29, 1.82) is 0 Å². The van der Waals surface area contributed by atoms with Gasteiger partial charge in [-0.25, -0.2) is 19.9 Å². The highest BCUT2D eigenvalue weighted by Gasteiger charge is 2.34. The van der Waals surface area contributed by atoms with Crippen LogP contribution in [-0.2, 0) is 5.41 Å². The third-order valence-electron chi connectivity index (χ3n) is 18.9. The van der Waals surface area contributed by atoms with Crippen molar-refractivity contribution in [1.82, 2.24) is 38.2 Å². The third kappa shape index (κ3) is 8.66. The quantitative estimate of drug-likeness (QED) is 0.152. The Balaban J connectivity index is 0.000000147. The van der Waals surface area contributed by atoms with Gasteiger partial charge >= 0.3 is 0 Å². The van der Waals surface area contributed by atoms with Crippen LogP contribution in [-0.4, -0.2) is 38.2 Å². The molecule has 0 radical (unpaired) electrons. The van der Waals surface area contributed by atoms with Crippen LogP contribution in [0.15, 0.2) is 297 Å². The fraction of sp³-hybridized carbons (Fsp3) is 0.0602. The largest absolute Gasteiger partial charge is 0.316 e. The first-order chi connectivity index (χ1) is 44.8. The molecule has 0 bridgehead atoms. The molecule has 0 aliphatic heterocycles. The molecule has 17 aromatic rings. The number of nitrogens with zero attached hydrogens (tertiary/aromatic N) is 8. The zero-order chi connectivity index (χ0) is 60.9. The van der Waals surface area contributed by atoms with E-state index in [4.69, 9.17) is 15.0 Å². The lowest BCUT2D eigenvalue weighted by molar-refractivity contribution is 0.639. The molecular formula is C83H60N8. The molecule has 1 aliphatic rings. The molecule has 0 saturated heterocycles. The predicted molar refractivity (Wildman–Crippen MR) is 378 cm³/mol. The number of para-hydroxylation sites is 6. The second kappa shape index (κ2) is 21.3. The van der Waals surface area contributed by atoms with Crippen molar-refractivity contribution in [3.05, 3.63) is 308 Å². The minimum atomic E-state index is -0.0149. The molecule has 1 aliphatic carbocycles. The van der Waals surface area contributed by atoms with Gasteiger partial charge < -0.3 is 13.7 Å². The van der Waals surface area contributed by atoms with Crippen molar-refractivity contribution >= 4 is 92.8 Å². The van der Waals surface area contributed by atoms with Crippen LogP contribution < -0.4 is 0 Å². The fourth-order valence-corrected chi connectivity index (χ4v) is 14.1. The minimum Gasteiger partial charge on any atom is -0.316 e. The lowest BCUT2D eigenvalue weighted by Gasteiger charge is -2.23. The Morgan fingerprint density at radius 1 is 0.396 bits per heavy atom. The minimum absolute atomic E-state index is 0.0149.